The normalized spacial score (nSPS) is 24.9. The summed E-state index contributed by atoms with van der Waals surface area (Å²) in [6.07, 6.45) is 11.5. The SMILES string of the molecule is CCCCCCCCC1CCC(C2=CCC(OC(F)(F)C(F)(F)C(F)(F)CF)(c3ccccc3)C=C2)CC1. The van der Waals surface area contributed by atoms with Gasteiger partial charge in [-0.05, 0) is 54.7 Å². The van der Waals surface area contributed by atoms with E-state index < -0.39 is 30.2 Å². The Morgan fingerprint density at radius 1 is 0.868 bits per heavy atom. The molecule has 0 amide bonds. The standard InChI is InChI=1S/C30H39F7O/c1-2-3-4-5-6-8-11-23-14-16-24(17-15-23)25-18-20-27(21-19-25,26-12-9-7-10-13-26)38-30(36,37)29(34,35)28(32,33)22-31/h7,9-10,12-13,18-20,23-24H,2-6,8,11,14-17,21-22H2,1H3. The molecule has 1 aromatic carbocycles. The number of allylic oxidation sites excluding steroid dienone is 2. The summed E-state index contributed by atoms with van der Waals surface area (Å²) in [4.78, 5) is 0. The van der Waals surface area contributed by atoms with Crippen LogP contribution in [0.1, 0.15) is 89.5 Å². The van der Waals surface area contributed by atoms with Crippen LogP contribution in [0.15, 0.2) is 54.1 Å². The molecule has 214 valence electrons. The predicted molar refractivity (Wildman–Crippen MR) is 135 cm³/mol. The van der Waals surface area contributed by atoms with Crippen molar-refractivity contribution in [3.8, 4) is 0 Å². The lowest BCUT2D eigenvalue weighted by Crippen LogP contribution is -2.58. The Morgan fingerprint density at radius 3 is 2.08 bits per heavy atom. The molecule has 2 aliphatic carbocycles. The summed E-state index contributed by atoms with van der Waals surface area (Å²) in [5.41, 5.74) is -1.06. The minimum absolute atomic E-state index is 0.119. The van der Waals surface area contributed by atoms with Crippen LogP contribution >= 0.6 is 0 Å². The van der Waals surface area contributed by atoms with Crippen molar-refractivity contribution in [1.82, 2.24) is 0 Å². The Bertz CT molecular complexity index is 920. The van der Waals surface area contributed by atoms with Gasteiger partial charge >= 0.3 is 18.0 Å². The van der Waals surface area contributed by atoms with Gasteiger partial charge in [0.2, 0.25) is 0 Å². The number of ether oxygens (including phenoxy) is 1. The zero-order chi connectivity index (χ0) is 27.9. The zero-order valence-electron chi connectivity index (χ0n) is 22.0. The third-order valence-corrected chi connectivity index (χ3v) is 8.04. The molecule has 1 unspecified atom stereocenters. The highest BCUT2D eigenvalue weighted by Gasteiger charge is 2.74. The maximum atomic E-state index is 14.6. The molecule has 1 nitrogen and oxygen atoms in total. The van der Waals surface area contributed by atoms with Crippen LogP contribution in [0.25, 0.3) is 0 Å². The van der Waals surface area contributed by atoms with Gasteiger partial charge in [-0.2, -0.15) is 26.3 Å². The van der Waals surface area contributed by atoms with E-state index in [-0.39, 0.29) is 17.9 Å². The maximum absolute atomic E-state index is 14.6. The maximum Gasteiger partial charge on any atom is 0.427 e. The molecule has 1 saturated carbocycles. The molecule has 1 atom stereocenters. The van der Waals surface area contributed by atoms with Crippen LogP contribution in [-0.2, 0) is 10.3 Å². The molecule has 1 fully saturated rings. The van der Waals surface area contributed by atoms with Crippen molar-refractivity contribution in [2.75, 3.05) is 6.67 Å². The Balaban J connectivity index is 1.66. The van der Waals surface area contributed by atoms with Gasteiger partial charge in [-0.25, -0.2) is 4.39 Å². The fourth-order valence-corrected chi connectivity index (χ4v) is 5.60. The van der Waals surface area contributed by atoms with Crippen LogP contribution in [-0.4, -0.2) is 24.6 Å². The molecule has 0 aliphatic heterocycles. The summed E-state index contributed by atoms with van der Waals surface area (Å²) in [5, 5.41) is 0. The van der Waals surface area contributed by atoms with Crippen LogP contribution in [0, 0.1) is 11.8 Å². The van der Waals surface area contributed by atoms with Crippen molar-refractivity contribution >= 4 is 0 Å². The van der Waals surface area contributed by atoms with Gasteiger partial charge in [0.1, 0.15) is 5.60 Å². The van der Waals surface area contributed by atoms with E-state index in [0.717, 1.165) is 31.3 Å². The first-order valence-electron chi connectivity index (χ1n) is 13.8. The third-order valence-electron chi connectivity index (χ3n) is 8.04. The number of hydrogen-bond donors (Lipinski definition) is 0. The number of alkyl halides is 7. The van der Waals surface area contributed by atoms with Gasteiger partial charge in [-0.3, -0.25) is 4.74 Å². The molecule has 0 aromatic heterocycles. The molecular formula is C30H39F7O. The van der Waals surface area contributed by atoms with Crippen molar-refractivity contribution in [1.29, 1.82) is 0 Å². The zero-order valence-corrected chi connectivity index (χ0v) is 22.0. The van der Waals surface area contributed by atoms with E-state index in [1.807, 2.05) is 0 Å². The molecule has 0 saturated heterocycles. The fraction of sp³-hybridized carbons (Fsp3) is 0.667. The highest BCUT2D eigenvalue weighted by Crippen LogP contribution is 2.51. The average molecular weight is 549 g/mol. The number of unbranched alkanes of at least 4 members (excludes halogenated alkanes) is 5. The van der Waals surface area contributed by atoms with Crippen molar-refractivity contribution in [3.05, 3.63) is 59.7 Å². The largest absolute Gasteiger partial charge is 0.427 e. The molecule has 0 bridgehead atoms. The molecule has 0 N–H and O–H groups in total. The molecule has 8 heteroatoms. The second kappa shape index (κ2) is 13.0. The van der Waals surface area contributed by atoms with Crippen molar-refractivity contribution in [2.45, 2.75) is 108 Å². The van der Waals surface area contributed by atoms with E-state index >= 15 is 0 Å². The summed E-state index contributed by atoms with van der Waals surface area (Å²) >= 11 is 0. The summed E-state index contributed by atoms with van der Waals surface area (Å²) in [6, 6.07) is 7.48. The van der Waals surface area contributed by atoms with Crippen LogP contribution in [0.4, 0.5) is 30.7 Å². The first-order chi connectivity index (χ1) is 18.0. The molecule has 0 heterocycles. The lowest BCUT2D eigenvalue weighted by molar-refractivity contribution is -0.419. The molecule has 38 heavy (non-hydrogen) atoms. The Morgan fingerprint density at radius 2 is 1.50 bits per heavy atom. The Labute approximate surface area is 221 Å². The summed E-state index contributed by atoms with van der Waals surface area (Å²) in [6.45, 7) is -0.729. The first-order valence-corrected chi connectivity index (χ1v) is 13.8. The van der Waals surface area contributed by atoms with Gasteiger partial charge in [0.25, 0.3) is 0 Å². The molecule has 1 aromatic rings. The van der Waals surface area contributed by atoms with Gasteiger partial charge in [0.15, 0.2) is 6.67 Å². The molecule has 2 aliphatic rings. The summed E-state index contributed by atoms with van der Waals surface area (Å²) in [7, 11) is 0. The molecule has 0 radical (unpaired) electrons. The smallest absolute Gasteiger partial charge is 0.299 e. The first kappa shape index (κ1) is 30.7. The number of hydrogen-bond acceptors (Lipinski definition) is 1. The van der Waals surface area contributed by atoms with Crippen LogP contribution < -0.4 is 0 Å². The Kier molecular flexibility index (Phi) is 10.5. The fourth-order valence-electron chi connectivity index (χ4n) is 5.60. The lowest BCUT2D eigenvalue weighted by Gasteiger charge is -2.40. The third kappa shape index (κ3) is 7.02. The number of halogens is 7. The average Bonchev–Trinajstić information content (AvgIpc) is 2.91. The minimum Gasteiger partial charge on any atom is -0.299 e. The van der Waals surface area contributed by atoms with Crippen LogP contribution in [0.2, 0.25) is 0 Å². The quantitative estimate of drug-likeness (QED) is 0.166. The predicted octanol–water partition coefficient (Wildman–Crippen LogP) is 10.2. The van der Waals surface area contributed by atoms with Gasteiger partial charge < -0.3 is 0 Å². The second-order valence-electron chi connectivity index (χ2n) is 10.8. The van der Waals surface area contributed by atoms with E-state index in [2.05, 4.69) is 11.7 Å². The molecule has 0 spiro atoms. The van der Waals surface area contributed by atoms with Crippen molar-refractivity contribution < 1.29 is 35.5 Å². The van der Waals surface area contributed by atoms with Crippen LogP contribution in [0.3, 0.4) is 0 Å². The second-order valence-corrected chi connectivity index (χ2v) is 10.8. The highest BCUT2D eigenvalue weighted by molar-refractivity contribution is 5.37. The van der Waals surface area contributed by atoms with Crippen LogP contribution in [0.5, 0.6) is 0 Å². The van der Waals surface area contributed by atoms with Gasteiger partial charge in [-0.15, -0.1) is 0 Å². The van der Waals surface area contributed by atoms with E-state index in [1.54, 1.807) is 18.2 Å². The van der Waals surface area contributed by atoms with E-state index in [9.17, 15) is 30.7 Å². The van der Waals surface area contributed by atoms with Gasteiger partial charge in [-0.1, -0.05) is 94.4 Å². The summed E-state index contributed by atoms with van der Waals surface area (Å²) < 4.78 is 101. The lowest BCUT2D eigenvalue weighted by atomic mass is 9.74. The highest BCUT2D eigenvalue weighted by atomic mass is 19.4. The minimum atomic E-state index is -6.04. The van der Waals surface area contributed by atoms with Crippen molar-refractivity contribution in [3.63, 3.8) is 0 Å². The van der Waals surface area contributed by atoms with E-state index in [1.165, 1.54) is 75.3 Å². The van der Waals surface area contributed by atoms with E-state index in [4.69, 9.17) is 0 Å². The number of benzene rings is 1. The molecular weight excluding hydrogens is 509 g/mol. The number of rotatable bonds is 14. The monoisotopic (exact) mass is 548 g/mol. The summed E-state index contributed by atoms with van der Waals surface area (Å²) in [5.74, 6) is -10.7. The topological polar surface area (TPSA) is 9.23 Å². The van der Waals surface area contributed by atoms with Gasteiger partial charge in [0, 0.05) is 6.42 Å². The van der Waals surface area contributed by atoms with Gasteiger partial charge in [0.05, 0.1) is 0 Å². The van der Waals surface area contributed by atoms with E-state index in [0.29, 0.717) is 5.92 Å². The van der Waals surface area contributed by atoms with Crippen molar-refractivity contribution in [2.24, 2.45) is 11.8 Å². The Hall–Kier alpha value is -1.83. The molecule has 3 rings (SSSR count).